The number of alkyl halides is 3. The van der Waals surface area contributed by atoms with Gasteiger partial charge in [0.05, 0.1) is 17.4 Å². The Kier molecular flexibility index (Phi) is 9.40. The second kappa shape index (κ2) is 10.2. The number of ether oxygens (including phenoxy) is 1. The Bertz CT molecular complexity index is 693. The largest absolute Gasteiger partial charge is 0.439 e. The minimum Gasteiger partial charge on any atom is -0.439 e. The number of pyridine rings is 1. The molecule has 0 saturated heterocycles. The summed E-state index contributed by atoms with van der Waals surface area (Å²) in [6.07, 6.45) is -2.82. The lowest BCUT2D eigenvalue weighted by Crippen LogP contribution is -2.23. The van der Waals surface area contributed by atoms with E-state index in [4.69, 9.17) is 10.5 Å². The zero-order valence-electron chi connectivity index (χ0n) is 13.6. The third-order valence-electron chi connectivity index (χ3n) is 2.93. The zero-order chi connectivity index (χ0) is 17.7. The van der Waals surface area contributed by atoms with Gasteiger partial charge in [-0.15, -0.1) is 24.8 Å². The van der Waals surface area contributed by atoms with Crippen molar-refractivity contribution < 1.29 is 22.7 Å². The van der Waals surface area contributed by atoms with Crippen LogP contribution >= 0.6 is 24.8 Å². The molecule has 0 saturated carbocycles. The van der Waals surface area contributed by atoms with Crippen LogP contribution in [0.3, 0.4) is 0 Å². The Hall–Kier alpha value is -2.03. The molecule has 1 heterocycles. The molecule has 0 aliphatic carbocycles. The summed E-state index contributed by atoms with van der Waals surface area (Å²) in [6, 6.07) is 7.10. The van der Waals surface area contributed by atoms with Crippen LogP contribution in [0, 0.1) is 0 Å². The summed E-state index contributed by atoms with van der Waals surface area (Å²) in [7, 11) is 0. The molecule has 144 valence electrons. The van der Waals surface area contributed by atoms with Crippen LogP contribution in [0.4, 0.5) is 18.9 Å². The summed E-state index contributed by atoms with van der Waals surface area (Å²) in [5.41, 5.74) is 5.25. The van der Waals surface area contributed by atoms with E-state index in [0.717, 1.165) is 12.1 Å². The average molecular weight is 412 g/mol. The van der Waals surface area contributed by atoms with E-state index in [2.05, 4.69) is 10.3 Å². The first-order valence-corrected chi connectivity index (χ1v) is 7.10. The molecular formula is C16H18Cl2F3N3O2. The standard InChI is InChI=1S/C16H16F3N3O2.2ClH/c1-10(20)8-14(23)22-12-4-7-15(21-9-12)24-13-5-2-11(3-6-13)16(17,18)19;;/h2-7,9-10H,8,20H2,1H3,(H,22,23);2*1H. The first kappa shape index (κ1) is 24.0. The third-order valence-corrected chi connectivity index (χ3v) is 2.93. The van der Waals surface area contributed by atoms with Gasteiger partial charge in [0.15, 0.2) is 0 Å². The van der Waals surface area contributed by atoms with Crippen LogP contribution in [0.25, 0.3) is 0 Å². The van der Waals surface area contributed by atoms with Crippen molar-refractivity contribution in [3.05, 3.63) is 48.2 Å². The smallest absolute Gasteiger partial charge is 0.416 e. The van der Waals surface area contributed by atoms with Crippen molar-refractivity contribution in [1.29, 1.82) is 0 Å². The van der Waals surface area contributed by atoms with E-state index in [9.17, 15) is 18.0 Å². The molecule has 26 heavy (non-hydrogen) atoms. The predicted octanol–water partition coefficient (Wildman–Crippen LogP) is 4.41. The van der Waals surface area contributed by atoms with Gasteiger partial charge in [-0.3, -0.25) is 4.79 Å². The van der Waals surface area contributed by atoms with Crippen LogP contribution in [0.1, 0.15) is 18.9 Å². The van der Waals surface area contributed by atoms with Crippen molar-refractivity contribution in [3.8, 4) is 11.6 Å². The molecule has 0 aliphatic heterocycles. The van der Waals surface area contributed by atoms with Gasteiger partial charge >= 0.3 is 6.18 Å². The maximum absolute atomic E-state index is 12.5. The number of nitrogens with zero attached hydrogens (tertiary/aromatic N) is 1. The van der Waals surface area contributed by atoms with Crippen LogP contribution in [-0.4, -0.2) is 16.9 Å². The first-order valence-electron chi connectivity index (χ1n) is 7.10. The summed E-state index contributed by atoms with van der Waals surface area (Å²) in [5.74, 6) is 0.187. The van der Waals surface area contributed by atoms with Crippen LogP contribution in [-0.2, 0) is 11.0 Å². The minimum atomic E-state index is -4.39. The van der Waals surface area contributed by atoms with Gasteiger partial charge < -0.3 is 15.8 Å². The van der Waals surface area contributed by atoms with E-state index < -0.39 is 11.7 Å². The highest BCUT2D eigenvalue weighted by molar-refractivity contribution is 5.90. The highest BCUT2D eigenvalue weighted by atomic mass is 35.5. The van der Waals surface area contributed by atoms with E-state index >= 15 is 0 Å². The van der Waals surface area contributed by atoms with Gasteiger partial charge in [-0.2, -0.15) is 13.2 Å². The lowest BCUT2D eigenvalue weighted by atomic mass is 10.2. The summed E-state index contributed by atoms with van der Waals surface area (Å²) < 4.78 is 42.8. The number of benzene rings is 1. The maximum atomic E-state index is 12.5. The second-order valence-electron chi connectivity index (χ2n) is 5.24. The highest BCUT2D eigenvalue weighted by Gasteiger charge is 2.30. The molecule has 3 N–H and O–H groups in total. The van der Waals surface area contributed by atoms with E-state index in [-0.39, 0.29) is 54.8 Å². The Morgan fingerprint density at radius 2 is 1.81 bits per heavy atom. The van der Waals surface area contributed by atoms with Gasteiger partial charge in [-0.1, -0.05) is 0 Å². The number of carbonyl (C=O) groups excluding carboxylic acids is 1. The van der Waals surface area contributed by atoms with Gasteiger partial charge in [0, 0.05) is 18.5 Å². The molecule has 2 rings (SSSR count). The molecule has 2 aromatic rings. The number of nitrogens with two attached hydrogens (primary N) is 1. The Labute approximate surface area is 161 Å². The van der Waals surface area contributed by atoms with E-state index in [1.807, 2.05) is 0 Å². The summed E-state index contributed by atoms with van der Waals surface area (Å²) in [6.45, 7) is 1.72. The fraction of sp³-hybridized carbons (Fsp3) is 0.250. The lowest BCUT2D eigenvalue weighted by Gasteiger charge is -2.09. The number of nitrogens with one attached hydrogen (secondary N) is 1. The normalized spacial score (nSPS) is 11.6. The van der Waals surface area contributed by atoms with E-state index in [1.165, 1.54) is 24.4 Å². The average Bonchev–Trinajstić information content (AvgIpc) is 2.48. The summed E-state index contributed by atoms with van der Waals surface area (Å²) >= 11 is 0. The number of hydrogen-bond acceptors (Lipinski definition) is 4. The maximum Gasteiger partial charge on any atom is 0.416 e. The molecule has 0 spiro atoms. The molecule has 1 aromatic heterocycles. The van der Waals surface area contributed by atoms with Crippen LogP contribution in [0.15, 0.2) is 42.6 Å². The van der Waals surface area contributed by atoms with Crippen molar-refractivity contribution >= 4 is 36.4 Å². The van der Waals surface area contributed by atoms with Gasteiger partial charge in [0.25, 0.3) is 0 Å². The van der Waals surface area contributed by atoms with Crippen molar-refractivity contribution in [2.75, 3.05) is 5.32 Å². The van der Waals surface area contributed by atoms with Gasteiger partial charge in [-0.25, -0.2) is 4.98 Å². The fourth-order valence-corrected chi connectivity index (χ4v) is 1.85. The molecule has 0 bridgehead atoms. The van der Waals surface area contributed by atoms with Crippen molar-refractivity contribution in [1.82, 2.24) is 4.98 Å². The van der Waals surface area contributed by atoms with Gasteiger partial charge in [-0.05, 0) is 37.3 Å². The second-order valence-corrected chi connectivity index (χ2v) is 5.24. The van der Waals surface area contributed by atoms with Gasteiger partial charge in [0.1, 0.15) is 5.75 Å². The molecule has 5 nitrogen and oxygen atoms in total. The number of halogens is 5. The van der Waals surface area contributed by atoms with Crippen LogP contribution < -0.4 is 15.8 Å². The highest BCUT2D eigenvalue weighted by Crippen LogP contribution is 2.31. The number of amides is 1. The molecule has 0 fully saturated rings. The number of hydrogen-bond donors (Lipinski definition) is 2. The number of anilines is 1. The first-order chi connectivity index (χ1) is 11.2. The predicted molar refractivity (Wildman–Crippen MR) is 97.1 cm³/mol. The monoisotopic (exact) mass is 411 g/mol. The SMILES string of the molecule is CC(N)CC(=O)Nc1ccc(Oc2ccc(C(F)(F)F)cc2)nc1.Cl.Cl. The molecule has 1 amide bonds. The van der Waals surface area contributed by atoms with Crippen molar-refractivity contribution in [2.24, 2.45) is 5.73 Å². The Morgan fingerprint density at radius 3 is 2.27 bits per heavy atom. The molecule has 1 unspecified atom stereocenters. The molecular weight excluding hydrogens is 394 g/mol. The van der Waals surface area contributed by atoms with Crippen molar-refractivity contribution in [2.45, 2.75) is 25.6 Å². The summed E-state index contributed by atoms with van der Waals surface area (Å²) in [4.78, 5) is 15.6. The number of rotatable bonds is 5. The van der Waals surface area contributed by atoms with E-state index in [0.29, 0.717) is 5.69 Å². The molecule has 10 heteroatoms. The van der Waals surface area contributed by atoms with E-state index in [1.54, 1.807) is 13.0 Å². The molecule has 0 radical (unpaired) electrons. The summed E-state index contributed by atoms with van der Waals surface area (Å²) in [5, 5.41) is 2.63. The van der Waals surface area contributed by atoms with Crippen LogP contribution in [0.5, 0.6) is 11.6 Å². The molecule has 1 atom stereocenters. The fourth-order valence-electron chi connectivity index (χ4n) is 1.85. The minimum absolute atomic E-state index is 0. The van der Waals surface area contributed by atoms with Crippen molar-refractivity contribution in [3.63, 3.8) is 0 Å². The third kappa shape index (κ3) is 7.47. The van der Waals surface area contributed by atoms with Gasteiger partial charge in [0.2, 0.25) is 11.8 Å². The van der Waals surface area contributed by atoms with Crippen LogP contribution in [0.2, 0.25) is 0 Å². The number of carbonyl (C=O) groups is 1. The topological polar surface area (TPSA) is 77.2 Å². The quantitative estimate of drug-likeness (QED) is 0.763. The zero-order valence-corrected chi connectivity index (χ0v) is 15.3. The molecule has 1 aromatic carbocycles. The Balaban J connectivity index is 0.00000312. The lowest BCUT2D eigenvalue weighted by molar-refractivity contribution is -0.137. The Morgan fingerprint density at radius 1 is 1.19 bits per heavy atom. The number of aromatic nitrogens is 1. The molecule has 0 aliphatic rings.